The van der Waals surface area contributed by atoms with Gasteiger partial charge in [0, 0.05) is 25.8 Å². The Labute approximate surface area is 108 Å². The summed E-state index contributed by atoms with van der Waals surface area (Å²) in [6.45, 7) is 3.95. The molecule has 1 unspecified atom stereocenters. The fourth-order valence-corrected chi connectivity index (χ4v) is 2.63. The second-order valence-corrected chi connectivity index (χ2v) is 4.83. The molecule has 0 bridgehead atoms. The van der Waals surface area contributed by atoms with Gasteiger partial charge in [-0.05, 0) is 31.4 Å². The van der Waals surface area contributed by atoms with Gasteiger partial charge < -0.3 is 15.4 Å². The second-order valence-electron chi connectivity index (χ2n) is 4.83. The van der Waals surface area contributed by atoms with Crippen LogP contribution >= 0.6 is 0 Å². The Bertz CT molecular complexity index is 445. The van der Waals surface area contributed by atoms with Gasteiger partial charge in [0.15, 0.2) is 0 Å². The number of anilines is 1. The number of benzene rings is 1. The molecule has 0 amide bonds. The summed E-state index contributed by atoms with van der Waals surface area (Å²) < 4.78 is 5.46. The predicted molar refractivity (Wildman–Crippen MR) is 74.4 cm³/mol. The molecule has 0 radical (unpaired) electrons. The number of hydrogen-bond acceptors (Lipinski definition) is 3. The first kappa shape index (κ1) is 12.9. The third-order valence-corrected chi connectivity index (χ3v) is 3.56. The Morgan fingerprint density at radius 3 is 2.94 bits per heavy atom. The largest absolute Gasteiger partial charge is 0.384 e. The maximum Gasteiger partial charge on any atom is 0.124 e. The number of nitrogens with two attached hydrogens (primary N) is 1. The van der Waals surface area contributed by atoms with E-state index in [0.717, 1.165) is 37.2 Å². The lowest BCUT2D eigenvalue weighted by Crippen LogP contribution is -2.40. The molecule has 2 rings (SSSR count). The molecule has 3 N–H and O–H groups in total. The summed E-state index contributed by atoms with van der Waals surface area (Å²) in [5, 5.41) is 7.71. The average Bonchev–Trinajstić information content (AvgIpc) is 2.38. The molecule has 1 aliphatic rings. The van der Waals surface area contributed by atoms with Gasteiger partial charge >= 0.3 is 0 Å². The Kier molecular flexibility index (Phi) is 3.87. The molecule has 98 valence electrons. The fourth-order valence-electron chi connectivity index (χ4n) is 2.63. The summed E-state index contributed by atoms with van der Waals surface area (Å²) in [7, 11) is 1.76. The van der Waals surface area contributed by atoms with Crippen LogP contribution in [0.25, 0.3) is 0 Å². The minimum atomic E-state index is 0.133. The van der Waals surface area contributed by atoms with Crippen LogP contribution in [0, 0.1) is 12.3 Å². The Hall–Kier alpha value is -1.55. The van der Waals surface area contributed by atoms with Gasteiger partial charge in [0.05, 0.1) is 11.8 Å². The fraction of sp³-hybridized carbons (Fsp3) is 0.500. The molecule has 1 aliphatic heterocycles. The summed E-state index contributed by atoms with van der Waals surface area (Å²) in [6.07, 6.45) is 2.50. The summed E-state index contributed by atoms with van der Waals surface area (Å²) >= 11 is 0. The number of para-hydroxylation sites is 1. The third-order valence-electron chi connectivity index (χ3n) is 3.56. The van der Waals surface area contributed by atoms with Crippen LogP contribution in [0.3, 0.4) is 0 Å². The smallest absolute Gasteiger partial charge is 0.124 e. The van der Waals surface area contributed by atoms with Gasteiger partial charge in [-0.3, -0.25) is 5.41 Å². The van der Waals surface area contributed by atoms with Gasteiger partial charge in [0.25, 0.3) is 0 Å². The highest BCUT2D eigenvalue weighted by Gasteiger charge is 2.23. The first-order valence-electron chi connectivity index (χ1n) is 6.35. The maximum atomic E-state index is 7.71. The molecule has 18 heavy (non-hydrogen) atoms. The second kappa shape index (κ2) is 5.40. The van der Waals surface area contributed by atoms with Crippen molar-refractivity contribution in [2.24, 2.45) is 5.73 Å². The van der Waals surface area contributed by atoms with Crippen molar-refractivity contribution in [1.82, 2.24) is 0 Å². The molecule has 1 heterocycles. The molecule has 1 saturated heterocycles. The number of aryl methyl sites for hydroxylation is 1. The van der Waals surface area contributed by atoms with E-state index in [2.05, 4.69) is 17.9 Å². The molecule has 4 heteroatoms. The van der Waals surface area contributed by atoms with Crippen molar-refractivity contribution in [3.8, 4) is 0 Å². The predicted octanol–water partition coefficient (Wildman–Crippen LogP) is 1.89. The van der Waals surface area contributed by atoms with Gasteiger partial charge in [-0.1, -0.05) is 12.1 Å². The Morgan fingerprint density at radius 2 is 2.28 bits per heavy atom. The molecular weight excluding hydrogens is 226 g/mol. The molecule has 1 fully saturated rings. The number of ether oxygens (including phenoxy) is 1. The third kappa shape index (κ3) is 2.48. The van der Waals surface area contributed by atoms with Gasteiger partial charge in [-0.2, -0.15) is 0 Å². The average molecular weight is 247 g/mol. The molecule has 0 saturated carbocycles. The van der Waals surface area contributed by atoms with Crippen LogP contribution < -0.4 is 10.6 Å². The summed E-state index contributed by atoms with van der Waals surface area (Å²) in [6, 6.07) is 5.94. The zero-order valence-electron chi connectivity index (χ0n) is 11.1. The number of rotatable bonds is 3. The molecular formula is C14H21N3O. The first-order chi connectivity index (χ1) is 8.63. The molecule has 4 nitrogen and oxygen atoms in total. The number of amidine groups is 1. The minimum absolute atomic E-state index is 0.133. The van der Waals surface area contributed by atoms with E-state index >= 15 is 0 Å². The SMILES string of the molecule is COC1CCCN(c2c(C)cccc2C(=N)N)C1. The summed E-state index contributed by atoms with van der Waals surface area (Å²) in [4.78, 5) is 2.30. The van der Waals surface area contributed by atoms with E-state index in [-0.39, 0.29) is 11.9 Å². The number of nitrogens with zero attached hydrogens (tertiary/aromatic N) is 1. The lowest BCUT2D eigenvalue weighted by molar-refractivity contribution is 0.0893. The van der Waals surface area contributed by atoms with E-state index in [0.29, 0.717) is 0 Å². The van der Waals surface area contributed by atoms with E-state index in [1.807, 2.05) is 12.1 Å². The van der Waals surface area contributed by atoms with Crippen LogP contribution in [0.2, 0.25) is 0 Å². The minimum Gasteiger partial charge on any atom is -0.384 e. The van der Waals surface area contributed by atoms with Crippen LogP contribution in [-0.4, -0.2) is 32.1 Å². The van der Waals surface area contributed by atoms with Crippen LogP contribution in [0.4, 0.5) is 5.69 Å². The molecule has 0 aliphatic carbocycles. The van der Waals surface area contributed by atoms with Gasteiger partial charge in [-0.15, -0.1) is 0 Å². The highest BCUT2D eigenvalue weighted by molar-refractivity contribution is 6.01. The molecule has 1 aromatic rings. The number of methoxy groups -OCH3 is 1. The van der Waals surface area contributed by atoms with Crippen molar-refractivity contribution in [3.05, 3.63) is 29.3 Å². The van der Waals surface area contributed by atoms with Crippen LogP contribution in [0.1, 0.15) is 24.0 Å². The number of piperidine rings is 1. The van der Waals surface area contributed by atoms with Crippen molar-refractivity contribution < 1.29 is 4.74 Å². The number of nitrogen functional groups attached to an aromatic ring is 1. The van der Waals surface area contributed by atoms with Crippen molar-refractivity contribution in [2.75, 3.05) is 25.1 Å². The van der Waals surface area contributed by atoms with Crippen molar-refractivity contribution in [1.29, 1.82) is 5.41 Å². The first-order valence-corrected chi connectivity index (χ1v) is 6.35. The number of nitrogens with one attached hydrogen (secondary N) is 1. The van der Waals surface area contributed by atoms with Crippen LogP contribution in [0.15, 0.2) is 18.2 Å². The summed E-state index contributed by atoms with van der Waals surface area (Å²) in [5.74, 6) is 0.133. The Morgan fingerprint density at radius 1 is 1.50 bits per heavy atom. The van der Waals surface area contributed by atoms with Crippen molar-refractivity contribution in [3.63, 3.8) is 0 Å². The Balaban J connectivity index is 2.34. The van der Waals surface area contributed by atoms with E-state index < -0.39 is 0 Å². The molecule has 0 spiro atoms. The van der Waals surface area contributed by atoms with E-state index in [1.54, 1.807) is 7.11 Å². The maximum absolute atomic E-state index is 7.71. The monoisotopic (exact) mass is 247 g/mol. The van der Waals surface area contributed by atoms with E-state index in [4.69, 9.17) is 15.9 Å². The zero-order chi connectivity index (χ0) is 13.1. The highest BCUT2D eigenvalue weighted by Crippen LogP contribution is 2.28. The molecule has 0 aromatic heterocycles. The topological polar surface area (TPSA) is 62.3 Å². The normalized spacial score (nSPS) is 19.9. The standard InChI is InChI=1S/C14H21N3O/c1-10-5-3-7-12(14(15)16)13(10)17-8-4-6-11(9-17)18-2/h3,5,7,11H,4,6,8-9H2,1-2H3,(H3,15,16). The number of hydrogen-bond donors (Lipinski definition) is 2. The van der Waals surface area contributed by atoms with Crippen LogP contribution in [0.5, 0.6) is 0 Å². The van der Waals surface area contributed by atoms with Gasteiger partial charge in [-0.25, -0.2) is 0 Å². The van der Waals surface area contributed by atoms with Gasteiger partial charge in [0.2, 0.25) is 0 Å². The molecule has 1 aromatic carbocycles. The van der Waals surface area contributed by atoms with E-state index in [1.165, 1.54) is 5.56 Å². The lowest BCUT2D eigenvalue weighted by Gasteiger charge is -2.35. The molecule has 1 atom stereocenters. The van der Waals surface area contributed by atoms with E-state index in [9.17, 15) is 0 Å². The van der Waals surface area contributed by atoms with Gasteiger partial charge in [0.1, 0.15) is 5.84 Å². The lowest BCUT2D eigenvalue weighted by atomic mass is 10.0. The van der Waals surface area contributed by atoms with Crippen molar-refractivity contribution in [2.45, 2.75) is 25.9 Å². The quantitative estimate of drug-likeness (QED) is 0.633. The van der Waals surface area contributed by atoms with Crippen molar-refractivity contribution >= 4 is 11.5 Å². The highest BCUT2D eigenvalue weighted by atomic mass is 16.5. The summed E-state index contributed by atoms with van der Waals surface area (Å²) in [5.41, 5.74) is 8.76. The zero-order valence-corrected chi connectivity index (χ0v) is 11.1. The van der Waals surface area contributed by atoms with Crippen LogP contribution in [-0.2, 0) is 4.74 Å².